The standard InChI is InChI=1S/C15H12N2O6S/c1-22-12-5-7-13(8-6-12)24(20,21)23-10-14-11(9-16)3-2-4-15(14)17(18)19/h2-8H,10H2,1H3. The number of hydrogen-bond donors (Lipinski definition) is 0. The molecule has 8 nitrogen and oxygen atoms in total. The molecule has 0 bridgehead atoms. The quantitative estimate of drug-likeness (QED) is 0.446. The van der Waals surface area contributed by atoms with E-state index in [1.807, 2.05) is 0 Å². The third-order valence-electron chi connectivity index (χ3n) is 3.17. The predicted molar refractivity (Wildman–Crippen MR) is 82.8 cm³/mol. The number of nitro benzene ring substituents is 1. The molecule has 0 fully saturated rings. The number of nitriles is 1. The molecule has 0 heterocycles. The third-order valence-corrected chi connectivity index (χ3v) is 4.45. The Balaban J connectivity index is 2.29. The van der Waals surface area contributed by atoms with Gasteiger partial charge in [-0.3, -0.25) is 14.3 Å². The zero-order valence-electron chi connectivity index (χ0n) is 12.5. The lowest BCUT2D eigenvalue weighted by Gasteiger charge is -2.08. The van der Waals surface area contributed by atoms with Gasteiger partial charge in [0.15, 0.2) is 0 Å². The third kappa shape index (κ3) is 3.68. The highest BCUT2D eigenvalue weighted by Gasteiger charge is 2.22. The summed E-state index contributed by atoms with van der Waals surface area (Å²) in [6.45, 7) is -0.617. The molecule has 0 spiro atoms. The molecule has 2 aromatic rings. The van der Waals surface area contributed by atoms with Crippen LogP contribution in [0.1, 0.15) is 11.1 Å². The maximum atomic E-state index is 12.2. The number of benzene rings is 2. The number of rotatable bonds is 6. The zero-order chi connectivity index (χ0) is 17.7. The first-order valence-electron chi connectivity index (χ1n) is 6.59. The molecule has 2 aromatic carbocycles. The molecule has 0 aliphatic carbocycles. The first-order valence-corrected chi connectivity index (χ1v) is 7.99. The topological polar surface area (TPSA) is 120 Å². The molecule has 0 radical (unpaired) electrons. The fraction of sp³-hybridized carbons (Fsp3) is 0.133. The Kier molecular flexibility index (Phi) is 5.13. The van der Waals surface area contributed by atoms with E-state index in [1.165, 1.54) is 49.6 Å². The van der Waals surface area contributed by atoms with Crippen molar-refractivity contribution in [1.29, 1.82) is 5.26 Å². The molecule has 9 heteroatoms. The summed E-state index contributed by atoms with van der Waals surface area (Å²) in [6.07, 6.45) is 0. The normalized spacial score (nSPS) is 10.8. The van der Waals surface area contributed by atoms with Crippen LogP contribution in [-0.2, 0) is 20.9 Å². The van der Waals surface area contributed by atoms with E-state index in [9.17, 15) is 18.5 Å². The van der Waals surface area contributed by atoms with Gasteiger partial charge in [0.2, 0.25) is 0 Å². The molecule has 0 unspecified atom stereocenters. The number of nitrogens with zero attached hydrogens (tertiary/aromatic N) is 2. The maximum Gasteiger partial charge on any atom is 0.297 e. The summed E-state index contributed by atoms with van der Waals surface area (Å²) in [5.41, 5.74) is -0.491. The van der Waals surface area contributed by atoms with Crippen molar-refractivity contribution in [2.24, 2.45) is 0 Å². The summed E-state index contributed by atoms with van der Waals surface area (Å²) in [7, 11) is -2.70. The summed E-state index contributed by atoms with van der Waals surface area (Å²) < 4.78 is 34.2. The Morgan fingerprint density at radius 1 is 1.21 bits per heavy atom. The van der Waals surface area contributed by atoms with Crippen molar-refractivity contribution in [3.8, 4) is 11.8 Å². The Bertz CT molecular complexity index is 901. The number of nitro groups is 1. The molecular weight excluding hydrogens is 336 g/mol. The van der Waals surface area contributed by atoms with Crippen molar-refractivity contribution >= 4 is 15.8 Å². The minimum absolute atomic E-state index is 0.0193. The van der Waals surface area contributed by atoms with Gasteiger partial charge in [0.05, 0.1) is 40.7 Å². The van der Waals surface area contributed by atoms with Crippen LogP contribution in [0.2, 0.25) is 0 Å². The fourth-order valence-corrected chi connectivity index (χ4v) is 2.83. The lowest BCUT2D eigenvalue weighted by Crippen LogP contribution is -2.09. The van der Waals surface area contributed by atoms with Gasteiger partial charge in [0.1, 0.15) is 5.75 Å². The fourth-order valence-electron chi connectivity index (χ4n) is 1.95. The highest BCUT2D eigenvalue weighted by Crippen LogP contribution is 2.25. The van der Waals surface area contributed by atoms with E-state index in [2.05, 4.69) is 0 Å². The smallest absolute Gasteiger partial charge is 0.297 e. The first kappa shape index (κ1) is 17.4. The molecule has 24 heavy (non-hydrogen) atoms. The van der Waals surface area contributed by atoms with Crippen LogP contribution in [-0.4, -0.2) is 20.5 Å². The van der Waals surface area contributed by atoms with Gasteiger partial charge in [-0.15, -0.1) is 0 Å². The molecule has 0 aliphatic heterocycles. The zero-order valence-corrected chi connectivity index (χ0v) is 13.3. The number of ether oxygens (including phenoxy) is 1. The van der Waals surface area contributed by atoms with E-state index in [0.717, 1.165) is 0 Å². The van der Waals surface area contributed by atoms with Crippen LogP contribution in [0.25, 0.3) is 0 Å². The SMILES string of the molecule is COc1ccc(S(=O)(=O)OCc2c(C#N)cccc2[N+](=O)[O-])cc1. The number of hydrogen-bond acceptors (Lipinski definition) is 7. The van der Waals surface area contributed by atoms with Crippen LogP contribution in [0.3, 0.4) is 0 Å². The van der Waals surface area contributed by atoms with E-state index in [1.54, 1.807) is 6.07 Å². The van der Waals surface area contributed by atoms with Gasteiger partial charge >= 0.3 is 0 Å². The molecule has 0 saturated carbocycles. The summed E-state index contributed by atoms with van der Waals surface area (Å²) in [5.74, 6) is 0.472. The first-order chi connectivity index (χ1) is 11.4. The minimum atomic E-state index is -4.14. The summed E-state index contributed by atoms with van der Waals surface area (Å²) in [5, 5.41) is 20.1. The van der Waals surface area contributed by atoms with Crippen LogP contribution < -0.4 is 4.74 Å². The van der Waals surface area contributed by atoms with E-state index in [-0.39, 0.29) is 21.7 Å². The molecule has 0 amide bonds. The van der Waals surface area contributed by atoms with Crippen molar-refractivity contribution < 1.29 is 22.3 Å². The second-order valence-corrected chi connectivity index (χ2v) is 6.18. The molecular formula is C15H12N2O6S. The Labute approximate surface area is 138 Å². The van der Waals surface area contributed by atoms with Gasteiger partial charge in [-0.1, -0.05) is 6.07 Å². The van der Waals surface area contributed by atoms with Crippen molar-refractivity contribution in [3.63, 3.8) is 0 Å². The van der Waals surface area contributed by atoms with Crippen molar-refractivity contribution in [2.75, 3.05) is 7.11 Å². The number of methoxy groups -OCH3 is 1. The highest BCUT2D eigenvalue weighted by atomic mass is 32.2. The predicted octanol–water partition coefficient (Wildman–Crippen LogP) is 2.38. The molecule has 0 atom stereocenters. The van der Waals surface area contributed by atoms with Gasteiger partial charge in [-0.05, 0) is 30.3 Å². The molecule has 0 N–H and O–H groups in total. The Morgan fingerprint density at radius 2 is 1.88 bits per heavy atom. The molecule has 0 saturated heterocycles. The summed E-state index contributed by atoms with van der Waals surface area (Å²) in [6, 6.07) is 11.1. The lowest BCUT2D eigenvalue weighted by atomic mass is 10.1. The Morgan fingerprint density at radius 3 is 2.42 bits per heavy atom. The van der Waals surface area contributed by atoms with Gasteiger partial charge in [0, 0.05) is 6.07 Å². The minimum Gasteiger partial charge on any atom is -0.497 e. The van der Waals surface area contributed by atoms with Crippen molar-refractivity contribution in [3.05, 3.63) is 63.7 Å². The summed E-state index contributed by atoms with van der Waals surface area (Å²) in [4.78, 5) is 10.2. The van der Waals surface area contributed by atoms with Gasteiger partial charge in [-0.2, -0.15) is 13.7 Å². The van der Waals surface area contributed by atoms with Crippen LogP contribution >= 0.6 is 0 Å². The Hall–Kier alpha value is -2.96. The second-order valence-electron chi connectivity index (χ2n) is 4.56. The van der Waals surface area contributed by atoms with Crippen LogP contribution in [0.4, 0.5) is 5.69 Å². The maximum absolute atomic E-state index is 12.2. The van der Waals surface area contributed by atoms with Crippen LogP contribution in [0, 0.1) is 21.4 Å². The van der Waals surface area contributed by atoms with Gasteiger partial charge in [0.25, 0.3) is 15.8 Å². The molecule has 2 rings (SSSR count). The van der Waals surface area contributed by atoms with Crippen LogP contribution in [0.15, 0.2) is 47.4 Å². The van der Waals surface area contributed by atoms with E-state index < -0.39 is 21.6 Å². The van der Waals surface area contributed by atoms with Crippen molar-refractivity contribution in [1.82, 2.24) is 0 Å². The van der Waals surface area contributed by atoms with Crippen molar-refractivity contribution in [2.45, 2.75) is 11.5 Å². The van der Waals surface area contributed by atoms with Gasteiger partial charge < -0.3 is 4.74 Å². The average Bonchev–Trinajstić information content (AvgIpc) is 2.59. The van der Waals surface area contributed by atoms with Gasteiger partial charge in [-0.25, -0.2) is 0 Å². The van der Waals surface area contributed by atoms with Crippen LogP contribution in [0.5, 0.6) is 5.75 Å². The molecule has 0 aromatic heterocycles. The molecule has 124 valence electrons. The lowest BCUT2D eigenvalue weighted by molar-refractivity contribution is -0.385. The average molecular weight is 348 g/mol. The largest absolute Gasteiger partial charge is 0.497 e. The van der Waals surface area contributed by atoms with E-state index >= 15 is 0 Å². The van der Waals surface area contributed by atoms with E-state index in [0.29, 0.717) is 5.75 Å². The van der Waals surface area contributed by atoms with E-state index in [4.69, 9.17) is 14.2 Å². The monoisotopic (exact) mass is 348 g/mol. The summed E-state index contributed by atoms with van der Waals surface area (Å²) >= 11 is 0. The highest BCUT2D eigenvalue weighted by molar-refractivity contribution is 7.86. The molecule has 0 aliphatic rings. The second kappa shape index (κ2) is 7.08.